The predicted octanol–water partition coefficient (Wildman–Crippen LogP) is 1.75. The fourth-order valence-corrected chi connectivity index (χ4v) is 2.61. The van der Waals surface area contributed by atoms with E-state index in [9.17, 15) is 5.11 Å². The molecule has 1 aromatic heterocycles. The van der Waals surface area contributed by atoms with Crippen LogP contribution in [0.25, 0.3) is 10.9 Å². The topological polar surface area (TPSA) is 45.1 Å². The van der Waals surface area contributed by atoms with Crippen LogP contribution in [0.3, 0.4) is 0 Å². The lowest BCUT2D eigenvalue weighted by Crippen LogP contribution is -2.40. The van der Waals surface area contributed by atoms with Gasteiger partial charge in [-0.2, -0.15) is 0 Å². The second-order valence-corrected chi connectivity index (χ2v) is 5.02. The summed E-state index contributed by atoms with van der Waals surface area (Å²) in [6.07, 6.45) is 1.50. The lowest BCUT2D eigenvalue weighted by atomic mass is 9.91. The Morgan fingerprint density at radius 2 is 2.11 bits per heavy atom. The number of para-hydroxylation sites is 1. The molecule has 1 aromatic carbocycles. The van der Waals surface area contributed by atoms with Crippen molar-refractivity contribution in [2.45, 2.75) is 18.9 Å². The number of benzene rings is 1. The van der Waals surface area contributed by atoms with Crippen molar-refractivity contribution >= 4 is 10.9 Å². The number of aliphatic hydroxyl groups is 1. The molecular formula is C15H18N2O. The van der Waals surface area contributed by atoms with Crippen molar-refractivity contribution in [3.8, 4) is 0 Å². The molecule has 1 aliphatic heterocycles. The maximum Gasteiger partial charge on any atom is 0.0705 e. The van der Waals surface area contributed by atoms with E-state index in [1.165, 1.54) is 5.39 Å². The predicted molar refractivity (Wildman–Crippen MR) is 72.4 cm³/mol. The Bertz CT molecular complexity index is 541. The summed E-state index contributed by atoms with van der Waals surface area (Å²) in [7, 11) is 0. The molecule has 18 heavy (non-hydrogen) atoms. The molecule has 0 radical (unpaired) electrons. The molecule has 2 aromatic rings. The van der Waals surface area contributed by atoms with E-state index in [0.29, 0.717) is 0 Å². The van der Waals surface area contributed by atoms with E-state index >= 15 is 0 Å². The van der Waals surface area contributed by atoms with Crippen LogP contribution in [-0.4, -0.2) is 29.3 Å². The highest BCUT2D eigenvalue weighted by Crippen LogP contribution is 2.18. The summed E-state index contributed by atoms with van der Waals surface area (Å²) >= 11 is 0. The summed E-state index contributed by atoms with van der Waals surface area (Å²) in [5.74, 6) is 0.285. The number of hydrogen-bond donors (Lipinski definition) is 2. The lowest BCUT2D eigenvalue weighted by molar-refractivity contribution is 0.0787. The van der Waals surface area contributed by atoms with Gasteiger partial charge in [0.2, 0.25) is 0 Å². The van der Waals surface area contributed by atoms with E-state index in [0.717, 1.165) is 37.1 Å². The molecule has 1 saturated heterocycles. The Hall–Kier alpha value is -1.45. The van der Waals surface area contributed by atoms with Gasteiger partial charge < -0.3 is 10.4 Å². The largest absolute Gasteiger partial charge is 0.393 e. The van der Waals surface area contributed by atoms with E-state index in [-0.39, 0.29) is 12.0 Å². The number of aliphatic hydroxyl groups excluding tert-OH is 1. The van der Waals surface area contributed by atoms with E-state index in [1.807, 2.05) is 18.2 Å². The number of aromatic nitrogens is 1. The first-order valence-electron chi connectivity index (χ1n) is 6.56. The van der Waals surface area contributed by atoms with Crippen LogP contribution in [0.4, 0.5) is 0 Å². The first-order valence-corrected chi connectivity index (χ1v) is 6.56. The minimum atomic E-state index is -0.195. The summed E-state index contributed by atoms with van der Waals surface area (Å²) in [5.41, 5.74) is 2.11. The molecule has 94 valence electrons. The fraction of sp³-hybridized carbons (Fsp3) is 0.400. The van der Waals surface area contributed by atoms with Crippen LogP contribution in [0.15, 0.2) is 36.4 Å². The average molecular weight is 242 g/mol. The van der Waals surface area contributed by atoms with Gasteiger partial charge in [0.25, 0.3) is 0 Å². The Labute approximate surface area is 107 Å². The number of fused-ring (bicyclic) bond motifs is 1. The van der Waals surface area contributed by atoms with E-state index < -0.39 is 0 Å². The Morgan fingerprint density at radius 1 is 1.22 bits per heavy atom. The van der Waals surface area contributed by atoms with Gasteiger partial charge in [0.05, 0.1) is 11.6 Å². The first kappa shape index (κ1) is 11.6. The molecule has 0 spiro atoms. The van der Waals surface area contributed by atoms with Crippen molar-refractivity contribution in [3.63, 3.8) is 0 Å². The van der Waals surface area contributed by atoms with E-state index in [1.54, 1.807) is 0 Å². The Morgan fingerprint density at radius 3 is 3.00 bits per heavy atom. The fourth-order valence-electron chi connectivity index (χ4n) is 2.61. The van der Waals surface area contributed by atoms with Crippen molar-refractivity contribution < 1.29 is 5.11 Å². The van der Waals surface area contributed by atoms with Crippen molar-refractivity contribution in [1.82, 2.24) is 10.3 Å². The van der Waals surface area contributed by atoms with Crippen LogP contribution in [0, 0.1) is 5.92 Å². The molecule has 3 nitrogen and oxygen atoms in total. The molecule has 2 atom stereocenters. The smallest absolute Gasteiger partial charge is 0.0705 e. The van der Waals surface area contributed by atoms with Crippen molar-refractivity contribution in [2.24, 2.45) is 5.92 Å². The third-order valence-corrected chi connectivity index (χ3v) is 3.69. The normalized spacial score (nSPS) is 24.3. The molecule has 2 unspecified atom stereocenters. The van der Waals surface area contributed by atoms with Crippen LogP contribution in [0.5, 0.6) is 0 Å². The third-order valence-electron chi connectivity index (χ3n) is 3.69. The van der Waals surface area contributed by atoms with Gasteiger partial charge in [-0.15, -0.1) is 0 Å². The number of piperidine rings is 1. The lowest BCUT2D eigenvalue weighted by Gasteiger charge is -2.28. The van der Waals surface area contributed by atoms with Gasteiger partial charge in [-0.05, 0) is 31.5 Å². The van der Waals surface area contributed by atoms with Crippen LogP contribution in [-0.2, 0) is 6.42 Å². The van der Waals surface area contributed by atoms with Crippen LogP contribution >= 0.6 is 0 Å². The van der Waals surface area contributed by atoms with Crippen molar-refractivity contribution in [1.29, 1.82) is 0 Å². The zero-order chi connectivity index (χ0) is 12.4. The minimum Gasteiger partial charge on any atom is -0.393 e. The number of hydrogen-bond acceptors (Lipinski definition) is 3. The molecule has 1 aliphatic rings. The van der Waals surface area contributed by atoms with Gasteiger partial charge in [-0.25, -0.2) is 0 Å². The van der Waals surface area contributed by atoms with Crippen molar-refractivity contribution in [2.75, 3.05) is 13.1 Å². The molecule has 1 fully saturated rings. The van der Waals surface area contributed by atoms with Gasteiger partial charge >= 0.3 is 0 Å². The zero-order valence-electron chi connectivity index (χ0n) is 10.3. The van der Waals surface area contributed by atoms with E-state index in [4.69, 9.17) is 0 Å². The summed E-state index contributed by atoms with van der Waals surface area (Å²) in [4.78, 5) is 4.66. The number of rotatable bonds is 2. The molecule has 3 rings (SSSR count). The van der Waals surface area contributed by atoms with Gasteiger partial charge in [-0.1, -0.05) is 24.3 Å². The van der Waals surface area contributed by atoms with Crippen LogP contribution < -0.4 is 5.32 Å². The molecule has 0 aliphatic carbocycles. The first-order chi connectivity index (χ1) is 8.83. The average Bonchev–Trinajstić information content (AvgIpc) is 2.41. The van der Waals surface area contributed by atoms with Crippen LogP contribution in [0.1, 0.15) is 12.1 Å². The number of nitrogens with one attached hydrogen (secondary N) is 1. The van der Waals surface area contributed by atoms with Crippen LogP contribution in [0.2, 0.25) is 0 Å². The second kappa shape index (κ2) is 5.04. The maximum absolute atomic E-state index is 9.98. The molecular weight excluding hydrogens is 224 g/mol. The van der Waals surface area contributed by atoms with Gasteiger partial charge in [0, 0.05) is 23.5 Å². The second-order valence-electron chi connectivity index (χ2n) is 5.02. The Kier molecular flexibility index (Phi) is 3.26. The maximum atomic E-state index is 9.98. The number of nitrogens with zero attached hydrogens (tertiary/aromatic N) is 1. The minimum absolute atomic E-state index is 0.195. The summed E-state index contributed by atoms with van der Waals surface area (Å²) in [6, 6.07) is 12.3. The number of pyridine rings is 1. The summed E-state index contributed by atoms with van der Waals surface area (Å²) < 4.78 is 0. The summed E-state index contributed by atoms with van der Waals surface area (Å²) in [6.45, 7) is 1.80. The zero-order valence-corrected chi connectivity index (χ0v) is 10.3. The monoisotopic (exact) mass is 242 g/mol. The summed E-state index contributed by atoms with van der Waals surface area (Å²) in [5, 5.41) is 14.5. The molecule has 0 bridgehead atoms. The quantitative estimate of drug-likeness (QED) is 0.843. The highest BCUT2D eigenvalue weighted by atomic mass is 16.3. The third kappa shape index (κ3) is 2.37. The highest BCUT2D eigenvalue weighted by molar-refractivity contribution is 5.78. The molecule has 3 heteroatoms. The SMILES string of the molecule is OC1CCNCC1Cc1ccc2ccccc2n1. The molecule has 2 heterocycles. The molecule has 0 saturated carbocycles. The molecule has 0 amide bonds. The van der Waals surface area contributed by atoms with Crippen molar-refractivity contribution in [3.05, 3.63) is 42.1 Å². The Balaban J connectivity index is 1.81. The standard InChI is InChI=1S/C15H18N2O/c18-15-7-8-16-10-12(15)9-13-6-5-11-3-1-2-4-14(11)17-13/h1-6,12,15-16,18H,7-10H2. The van der Waals surface area contributed by atoms with E-state index in [2.05, 4.69) is 28.5 Å². The molecule has 2 N–H and O–H groups in total. The van der Waals surface area contributed by atoms with Gasteiger partial charge in [0.15, 0.2) is 0 Å². The van der Waals surface area contributed by atoms with Gasteiger partial charge in [0.1, 0.15) is 0 Å². The van der Waals surface area contributed by atoms with Gasteiger partial charge in [-0.3, -0.25) is 4.98 Å². The highest BCUT2D eigenvalue weighted by Gasteiger charge is 2.23.